The molecule has 1 aromatic heterocycles. The summed E-state index contributed by atoms with van der Waals surface area (Å²) >= 11 is 9.57. The second-order valence-electron chi connectivity index (χ2n) is 3.79. The maximum absolute atomic E-state index is 5.77. The molecule has 0 unspecified atom stereocenters. The predicted molar refractivity (Wildman–Crippen MR) is 79.3 cm³/mol. The van der Waals surface area contributed by atoms with Gasteiger partial charge in [-0.3, -0.25) is 0 Å². The molecule has 2 aromatic rings. The Morgan fingerprint density at radius 3 is 2.35 bits per heavy atom. The number of thiophene rings is 1. The molecular formula is C14H15ClS2. The van der Waals surface area contributed by atoms with Crippen molar-refractivity contribution in [1.82, 2.24) is 0 Å². The van der Waals surface area contributed by atoms with Crippen molar-refractivity contribution in [3.05, 3.63) is 51.7 Å². The van der Waals surface area contributed by atoms with Gasteiger partial charge in [-0.2, -0.15) is 0 Å². The Bertz CT molecular complexity index is 459. The molecule has 0 amide bonds. The normalized spacial score (nSPS) is 10.7. The molecule has 0 N–H and O–H groups in total. The molecule has 3 heteroatoms. The summed E-state index contributed by atoms with van der Waals surface area (Å²) in [6.07, 6.45) is 1.14. The first kappa shape index (κ1) is 13.0. The lowest BCUT2D eigenvalue weighted by molar-refractivity contribution is 1.19. The van der Waals surface area contributed by atoms with Crippen molar-refractivity contribution in [2.45, 2.75) is 29.9 Å². The molecule has 0 radical (unpaired) electrons. The van der Waals surface area contributed by atoms with Gasteiger partial charge in [-0.1, -0.05) is 19.1 Å². The number of thioether (sulfide) groups is 1. The van der Waals surface area contributed by atoms with E-state index in [1.165, 1.54) is 20.2 Å². The molecule has 0 spiro atoms. The van der Waals surface area contributed by atoms with Crippen molar-refractivity contribution >= 4 is 34.7 Å². The average molecular weight is 283 g/mol. The lowest BCUT2D eigenvalue weighted by atomic mass is 10.2. The third-order valence-electron chi connectivity index (χ3n) is 2.52. The van der Waals surface area contributed by atoms with Gasteiger partial charge >= 0.3 is 0 Å². The second kappa shape index (κ2) is 6.48. The van der Waals surface area contributed by atoms with Crippen LogP contribution in [0.15, 0.2) is 41.3 Å². The van der Waals surface area contributed by atoms with Crippen LogP contribution in [0.3, 0.4) is 0 Å². The fourth-order valence-electron chi connectivity index (χ4n) is 1.52. The first-order valence-electron chi connectivity index (χ1n) is 5.67. The van der Waals surface area contributed by atoms with Gasteiger partial charge in [0.2, 0.25) is 0 Å². The fourth-order valence-corrected chi connectivity index (χ4v) is 3.60. The Morgan fingerprint density at radius 2 is 1.76 bits per heavy atom. The summed E-state index contributed by atoms with van der Waals surface area (Å²) in [6, 6.07) is 13.0. The third kappa shape index (κ3) is 3.77. The first-order valence-corrected chi connectivity index (χ1v) is 8.00. The van der Waals surface area contributed by atoms with E-state index in [1.807, 2.05) is 23.1 Å². The lowest BCUT2D eigenvalue weighted by Crippen LogP contribution is -1.78. The highest BCUT2D eigenvalue weighted by Gasteiger charge is 2.00. The minimum atomic E-state index is 0.593. The van der Waals surface area contributed by atoms with Gasteiger partial charge in [-0.05, 0) is 36.2 Å². The standard InChI is InChI=1S/C14H15ClS2/c1-2-12-7-8-14(17-12)10-16-13-5-3-11(9-15)4-6-13/h3-8H,2,9-10H2,1H3. The minimum absolute atomic E-state index is 0.593. The first-order chi connectivity index (χ1) is 8.31. The van der Waals surface area contributed by atoms with Crippen LogP contribution in [0.25, 0.3) is 0 Å². The van der Waals surface area contributed by atoms with Gasteiger partial charge in [0.15, 0.2) is 0 Å². The summed E-state index contributed by atoms with van der Waals surface area (Å²) in [6.45, 7) is 2.20. The van der Waals surface area contributed by atoms with Gasteiger partial charge in [-0.15, -0.1) is 34.7 Å². The van der Waals surface area contributed by atoms with Gasteiger partial charge in [-0.25, -0.2) is 0 Å². The quantitative estimate of drug-likeness (QED) is 0.527. The molecule has 0 nitrogen and oxygen atoms in total. The molecule has 0 saturated heterocycles. The lowest BCUT2D eigenvalue weighted by Gasteiger charge is -2.01. The highest BCUT2D eigenvalue weighted by atomic mass is 35.5. The molecule has 1 aromatic carbocycles. The second-order valence-corrected chi connectivity index (χ2v) is 6.36. The summed E-state index contributed by atoms with van der Waals surface area (Å²) in [5.74, 6) is 1.65. The van der Waals surface area contributed by atoms with Gasteiger partial charge in [0.05, 0.1) is 0 Å². The Kier molecular flexibility index (Phi) is 4.96. The van der Waals surface area contributed by atoms with Crippen molar-refractivity contribution in [3.63, 3.8) is 0 Å². The smallest absolute Gasteiger partial charge is 0.0474 e. The summed E-state index contributed by atoms with van der Waals surface area (Å²) in [7, 11) is 0. The number of rotatable bonds is 5. The maximum Gasteiger partial charge on any atom is 0.0474 e. The van der Waals surface area contributed by atoms with E-state index < -0.39 is 0 Å². The molecule has 0 aliphatic rings. The molecule has 17 heavy (non-hydrogen) atoms. The van der Waals surface area contributed by atoms with Crippen LogP contribution in [-0.4, -0.2) is 0 Å². The largest absolute Gasteiger partial charge is 0.145 e. The van der Waals surface area contributed by atoms with E-state index in [4.69, 9.17) is 11.6 Å². The van der Waals surface area contributed by atoms with E-state index in [0.29, 0.717) is 5.88 Å². The van der Waals surface area contributed by atoms with Crippen LogP contribution >= 0.6 is 34.7 Å². The van der Waals surface area contributed by atoms with Crippen LogP contribution < -0.4 is 0 Å². The van der Waals surface area contributed by atoms with Gasteiger partial charge < -0.3 is 0 Å². The monoisotopic (exact) mass is 282 g/mol. The zero-order valence-corrected chi connectivity index (χ0v) is 12.2. The molecule has 1 heterocycles. The van der Waals surface area contributed by atoms with Crippen LogP contribution in [0.1, 0.15) is 22.2 Å². The molecule has 2 rings (SSSR count). The number of aryl methyl sites for hydroxylation is 1. The Balaban J connectivity index is 1.92. The number of benzene rings is 1. The van der Waals surface area contributed by atoms with Crippen molar-refractivity contribution in [2.75, 3.05) is 0 Å². The van der Waals surface area contributed by atoms with E-state index in [-0.39, 0.29) is 0 Å². The van der Waals surface area contributed by atoms with Gasteiger partial charge in [0.1, 0.15) is 0 Å². The molecule has 0 aliphatic carbocycles. The molecular weight excluding hydrogens is 268 g/mol. The van der Waals surface area contributed by atoms with E-state index in [9.17, 15) is 0 Å². The number of alkyl halides is 1. The summed E-state index contributed by atoms with van der Waals surface area (Å²) in [5.41, 5.74) is 1.18. The van der Waals surface area contributed by atoms with Crippen molar-refractivity contribution in [2.24, 2.45) is 0 Å². The zero-order valence-electron chi connectivity index (χ0n) is 9.78. The topological polar surface area (TPSA) is 0 Å². The van der Waals surface area contributed by atoms with Crippen LogP contribution in [0.5, 0.6) is 0 Å². The number of halogens is 1. The van der Waals surface area contributed by atoms with Gasteiger partial charge in [0, 0.05) is 26.3 Å². The average Bonchev–Trinajstić information content (AvgIpc) is 2.85. The summed E-state index contributed by atoms with van der Waals surface area (Å²) in [4.78, 5) is 4.23. The SMILES string of the molecule is CCc1ccc(CSc2ccc(CCl)cc2)s1. The van der Waals surface area contributed by atoms with Crippen molar-refractivity contribution < 1.29 is 0 Å². The molecule has 0 bridgehead atoms. The van der Waals surface area contributed by atoms with Crippen LogP contribution in [0, 0.1) is 0 Å². The number of hydrogen-bond donors (Lipinski definition) is 0. The molecule has 0 atom stereocenters. The molecule has 0 saturated carbocycles. The minimum Gasteiger partial charge on any atom is -0.145 e. The van der Waals surface area contributed by atoms with Crippen molar-refractivity contribution in [3.8, 4) is 0 Å². The maximum atomic E-state index is 5.77. The Hall–Kier alpha value is -0.440. The van der Waals surface area contributed by atoms with Gasteiger partial charge in [0.25, 0.3) is 0 Å². The summed E-state index contributed by atoms with van der Waals surface area (Å²) < 4.78 is 0. The fraction of sp³-hybridized carbons (Fsp3) is 0.286. The third-order valence-corrected chi connectivity index (χ3v) is 5.31. The molecule has 90 valence electrons. The predicted octanol–water partition coefficient (Wildman–Crippen LogP) is 5.34. The van der Waals surface area contributed by atoms with E-state index in [2.05, 4.69) is 43.3 Å². The van der Waals surface area contributed by atoms with E-state index >= 15 is 0 Å². The van der Waals surface area contributed by atoms with Crippen molar-refractivity contribution in [1.29, 1.82) is 0 Å². The molecule has 0 fully saturated rings. The van der Waals surface area contributed by atoms with E-state index in [0.717, 1.165) is 12.2 Å². The zero-order chi connectivity index (χ0) is 12.1. The molecule has 0 aliphatic heterocycles. The number of hydrogen-bond acceptors (Lipinski definition) is 2. The van der Waals surface area contributed by atoms with Crippen LogP contribution in [-0.2, 0) is 18.1 Å². The summed E-state index contributed by atoms with van der Waals surface area (Å²) in [5, 5.41) is 0. The Labute approximate surface area is 116 Å². The highest BCUT2D eigenvalue weighted by Crippen LogP contribution is 2.27. The Morgan fingerprint density at radius 1 is 1.06 bits per heavy atom. The van der Waals surface area contributed by atoms with E-state index in [1.54, 1.807) is 0 Å². The highest BCUT2D eigenvalue weighted by molar-refractivity contribution is 7.98. The van der Waals surface area contributed by atoms with Crippen LogP contribution in [0.4, 0.5) is 0 Å². The van der Waals surface area contributed by atoms with Crippen LogP contribution in [0.2, 0.25) is 0 Å².